The lowest BCUT2D eigenvalue weighted by Gasteiger charge is -2.31. The molecule has 2 saturated carbocycles. The number of hydrogen-bond acceptors (Lipinski definition) is 1. The molecule has 0 aromatic rings. The quantitative estimate of drug-likeness (QED) is 0.551. The van der Waals surface area contributed by atoms with Crippen molar-refractivity contribution in [2.24, 2.45) is 23.7 Å². The fraction of sp³-hybridized carbons (Fsp3) is 0.895. The first-order chi connectivity index (χ1) is 9.81. The van der Waals surface area contributed by atoms with Gasteiger partial charge in [-0.15, -0.1) is 6.58 Å². The van der Waals surface area contributed by atoms with E-state index in [2.05, 4.69) is 19.6 Å². The highest BCUT2D eigenvalue weighted by molar-refractivity contribution is 4.84. The number of ether oxygens (including phenoxy) is 1. The first-order valence-electron chi connectivity index (χ1n) is 9.02. The number of hydrogen-bond donors (Lipinski definition) is 0. The second kappa shape index (κ2) is 8.87. The molecule has 0 unspecified atom stereocenters. The van der Waals surface area contributed by atoms with Crippen LogP contribution in [0.2, 0.25) is 0 Å². The molecule has 2 aliphatic rings. The Balaban J connectivity index is 1.56. The van der Waals surface area contributed by atoms with E-state index >= 15 is 0 Å². The Morgan fingerprint density at radius 2 is 1.35 bits per heavy atom. The normalized spacial score (nSPS) is 34.9. The minimum atomic E-state index is 0.820. The van der Waals surface area contributed by atoms with Crippen LogP contribution in [0.3, 0.4) is 0 Å². The molecule has 2 fully saturated rings. The molecule has 0 saturated heterocycles. The predicted octanol–water partition coefficient (Wildman–Crippen LogP) is 5.60. The molecule has 2 rings (SSSR count). The maximum Gasteiger partial charge on any atom is 0.0494 e. The van der Waals surface area contributed by atoms with Gasteiger partial charge in [0.1, 0.15) is 0 Å². The summed E-state index contributed by atoms with van der Waals surface area (Å²) in [7, 11) is 0. The molecule has 0 aromatic carbocycles. The molecule has 0 bridgehead atoms. The van der Waals surface area contributed by atoms with Crippen molar-refractivity contribution in [1.29, 1.82) is 0 Å². The molecule has 116 valence electrons. The van der Waals surface area contributed by atoms with Crippen molar-refractivity contribution in [3.63, 3.8) is 0 Å². The third-order valence-electron chi connectivity index (χ3n) is 5.73. The Morgan fingerprint density at radius 1 is 0.850 bits per heavy atom. The molecule has 0 spiro atoms. The average Bonchev–Trinajstić information content (AvgIpc) is 2.52. The first-order valence-corrected chi connectivity index (χ1v) is 9.02. The van der Waals surface area contributed by atoms with E-state index in [1.807, 2.05) is 0 Å². The average molecular weight is 278 g/mol. The fourth-order valence-electron chi connectivity index (χ4n) is 4.16. The maximum absolute atomic E-state index is 5.58. The summed E-state index contributed by atoms with van der Waals surface area (Å²) < 4.78 is 5.58. The smallest absolute Gasteiger partial charge is 0.0494 e. The van der Waals surface area contributed by atoms with Crippen LogP contribution in [0.25, 0.3) is 0 Å². The van der Waals surface area contributed by atoms with E-state index in [0.717, 1.165) is 36.9 Å². The molecular formula is C19H34O. The lowest BCUT2D eigenvalue weighted by Crippen LogP contribution is -2.20. The van der Waals surface area contributed by atoms with Gasteiger partial charge in [0.25, 0.3) is 0 Å². The molecule has 0 N–H and O–H groups in total. The van der Waals surface area contributed by atoms with Gasteiger partial charge >= 0.3 is 0 Å². The largest absolute Gasteiger partial charge is 0.381 e. The minimum absolute atomic E-state index is 0.820. The highest BCUT2D eigenvalue weighted by atomic mass is 16.5. The zero-order valence-corrected chi connectivity index (χ0v) is 13.5. The fourth-order valence-corrected chi connectivity index (χ4v) is 4.16. The predicted molar refractivity (Wildman–Crippen MR) is 86.8 cm³/mol. The van der Waals surface area contributed by atoms with Crippen LogP contribution in [0.5, 0.6) is 0 Å². The van der Waals surface area contributed by atoms with Crippen molar-refractivity contribution < 1.29 is 4.74 Å². The van der Waals surface area contributed by atoms with Gasteiger partial charge in [-0.3, -0.25) is 0 Å². The van der Waals surface area contributed by atoms with E-state index < -0.39 is 0 Å². The SMILES string of the molecule is C=C[C@H]1CC[C@H](CCC2CCC(COCC)CC2)CC1. The third kappa shape index (κ3) is 5.24. The Bertz CT molecular complexity index is 257. The summed E-state index contributed by atoms with van der Waals surface area (Å²) in [6, 6.07) is 0. The minimum Gasteiger partial charge on any atom is -0.381 e. The van der Waals surface area contributed by atoms with Crippen molar-refractivity contribution in [2.75, 3.05) is 13.2 Å². The van der Waals surface area contributed by atoms with Gasteiger partial charge in [-0.25, -0.2) is 0 Å². The molecule has 0 aromatic heterocycles. The first kappa shape index (κ1) is 16.1. The second-order valence-corrected chi connectivity index (χ2v) is 7.14. The topological polar surface area (TPSA) is 9.23 Å². The Kier molecular flexibility index (Phi) is 7.13. The molecule has 2 aliphatic carbocycles. The Morgan fingerprint density at radius 3 is 1.85 bits per heavy atom. The lowest BCUT2D eigenvalue weighted by molar-refractivity contribution is 0.0844. The van der Waals surface area contributed by atoms with Crippen molar-refractivity contribution in [1.82, 2.24) is 0 Å². The Labute approximate surface area is 126 Å². The number of allylic oxidation sites excluding steroid dienone is 1. The van der Waals surface area contributed by atoms with Gasteiger partial charge in [0, 0.05) is 13.2 Å². The molecule has 0 aliphatic heterocycles. The van der Waals surface area contributed by atoms with E-state index in [4.69, 9.17) is 4.74 Å². The summed E-state index contributed by atoms with van der Waals surface area (Å²) in [5.41, 5.74) is 0. The van der Waals surface area contributed by atoms with Gasteiger partial charge in [0.2, 0.25) is 0 Å². The molecule has 20 heavy (non-hydrogen) atoms. The standard InChI is InChI=1S/C19H34O/c1-3-16-5-7-17(8-6-16)9-10-18-11-13-19(14-12-18)15-20-4-2/h3,16-19H,1,4-15H2,2H3/t16-,17-,18?,19?. The van der Waals surface area contributed by atoms with Crippen LogP contribution in [0.1, 0.15) is 71.1 Å². The van der Waals surface area contributed by atoms with E-state index in [0.29, 0.717) is 0 Å². The van der Waals surface area contributed by atoms with Gasteiger partial charge in [-0.1, -0.05) is 31.8 Å². The zero-order valence-electron chi connectivity index (χ0n) is 13.5. The van der Waals surface area contributed by atoms with Gasteiger partial charge in [0.05, 0.1) is 0 Å². The summed E-state index contributed by atoms with van der Waals surface area (Å²) in [4.78, 5) is 0. The summed E-state index contributed by atoms with van der Waals surface area (Å²) in [6.45, 7) is 7.94. The van der Waals surface area contributed by atoms with Crippen molar-refractivity contribution in [2.45, 2.75) is 71.1 Å². The third-order valence-corrected chi connectivity index (χ3v) is 5.73. The van der Waals surface area contributed by atoms with Gasteiger partial charge in [-0.2, -0.15) is 0 Å². The summed E-state index contributed by atoms with van der Waals surface area (Å²) in [6.07, 6.45) is 16.6. The van der Waals surface area contributed by atoms with Gasteiger partial charge < -0.3 is 4.74 Å². The van der Waals surface area contributed by atoms with Crippen LogP contribution in [-0.4, -0.2) is 13.2 Å². The molecule has 0 amide bonds. The Hall–Kier alpha value is -0.300. The van der Waals surface area contributed by atoms with E-state index in [9.17, 15) is 0 Å². The molecule has 1 nitrogen and oxygen atoms in total. The van der Waals surface area contributed by atoms with Crippen LogP contribution in [0.4, 0.5) is 0 Å². The molecule has 0 atom stereocenters. The maximum atomic E-state index is 5.58. The highest BCUT2D eigenvalue weighted by Gasteiger charge is 2.24. The van der Waals surface area contributed by atoms with Crippen LogP contribution >= 0.6 is 0 Å². The zero-order chi connectivity index (χ0) is 14.2. The van der Waals surface area contributed by atoms with E-state index in [1.54, 1.807) is 0 Å². The van der Waals surface area contributed by atoms with Crippen molar-refractivity contribution in [3.05, 3.63) is 12.7 Å². The van der Waals surface area contributed by atoms with Crippen molar-refractivity contribution in [3.8, 4) is 0 Å². The summed E-state index contributed by atoms with van der Waals surface area (Å²) >= 11 is 0. The van der Waals surface area contributed by atoms with Crippen LogP contribution in [0.15, 0.2) is 12.7 Å². The van der Waals surface area contributed by atoms with E-state index in [1.165, 1.54) is 64.2 Å². The molecule has 0 heterocycles. The van der Waals surface area contributed by atoms with Gasteiger partial charge in [0.15, 0.2) is 0 Å². The van der Waals surface area contributed by atoms with E-state index in [-0.39, 0.29) is 0 Å². The van der Waals surface area contributed by atoms with Crippen LogP contribution in [-0.2, 0) is 4.74 Å². The highest BCUT2D eigenvalue weighted by Crippen LogP contribution is 2.36. The molecule has 0 radical (unpaired) electrons. The van der Waals surface area contributed by atoms with Crippen LogP contribution in [0, 0.1) is 23.7 Å². The van der Waals surface area contributed by atoms with Crippen LogP contribution < -0.4 is 0 Å². The van der Waals surface area contributed by atoms with Crippen molar-refractivity contribution >= 4 is 0 Å². The van der Waals surface area contributed by atoms with Gasteiger partial charge in [-0.05, 0) is 69.1 Å². The summed E-state index contributed by atoms with van der Waals surface area (Å²) in [5, 5.41) is 0. The lowest BCUT2D eigenvalue weighted by atomic mass is 9.76. The summed E-state index contributed by atoms with van der Waals surface area (Å²) in [5.74, 6) is 3.71. The second-order valence-electron chi connectivity index (χ2n) is 7.14. The molecule has 1 heteroatoms. The molecular weight excluding hydrogens is 244 g/mol. The monoisotopic (exact) mass is 278 g/mol. The number of rotatable bonds is 7.